The van der Waals surface area contributed by atoms with Crippen molar-refractivity contribution in [3.05, 3.63) is 4.88 Å². The molecule has 3 N–H and O–H groups in total. The first kappa shape index (κ1) is 14.6. The second-order valence-electron chi connectivity index (χ2n) is 6.06. The van der Waals surface area contributed by atoms with Gasteiger partial charge in [-0.1, -0.05) is 24.7 Å². The van der Waals surface area contributed by atoms with Crippen LogP contribution in [0.1, 0.15) is 55.1 Å². The van der Waals surface area contributed by atoms with E-state index in [-0.39, 0.29) is 5.91 Å². The van der Waals surface area contributed by atoms with Crippen LogP contribution >= 0.6 is 11.3 Å². The zero-order valence-corrected chi connectivity index (χ0v) is 13.4. The van der Waals surface area contributed by atoms with Crippen LogP contribution in [0.4, 0.5) is 10.9 Å². The predicted molar refractivity (Wildman–Crippen MR) is 86.7 cm³/mol. The van der Waals surface area contributed by atoms with Gasteiger partial charge in [-0.15, -0.1) is 0 Å². The molecular weight excluding hydrogens is 284 g/mol. The number of hydrogen-bond donors (Lipinski definition) is 2. The Bertz CT molecular complexity index is 516. The van der Waals surface area contributed by atoms with E-state index in [0.717, 1.165) is 37.5 Å². The lowest BCUT2D eigenvalue weighted by molar-refractivity contribution is 0.0554. The monoisotopic (exact) mass is 308 g/mol. The number of fused-ring (bicyclic) bond motifs is 1. The number of nitrogens with one attached hydrogen (secondary N) is 1. The molecule has 3 rings (SSSR count). The molecular formula is C15H24N4OS. The Kier molecular flexibility index (Phi) is 4.33. The van der Waals surface area contributed by atoms with Crippen LogP contribution in [0.5, 0.6) is 0 Å². The molecule has 21 heavy (non-hydrogen) atoms. The summed E-state index contributed by atoms with van der Waals surface area (Å²) in [5, 5.41) is 3.98. The molecule has 1 aliphatic heterocycles. The Balaban J connectivity index is 1.76. The third-order valence-corrected chi connectivity index (χ3v) is 5.64. The molecule has 2 heterocycles. The van der Waals surface area contributed by atoms with Gasteiger partial charge in [0, 0.05) is 19.1 Å². The van der Waals surface area contributed by atoms with E-state index in [1.54, 1.807) is 0 Å². The second kappa shape index (κ2) is 6.22. The second-order valence-corrected chi connectivity index (χ2v) is 7.06. The quantitative estimate of drug-likeness (QED) is 0.897. The van der Waals surface area contributed by atoms with Gasteiger partial charge in [0.15, 0.2) is 5.13 Å². The zero-order valence-electron chi connectivity index (χ0n) is 12.6. The molecule has 5 nitrogen and oxygen atoms in total. The summed E-state index contributed by atoms with van der Waals surface area (Å²) in [6, 6.07) is 0.430. The molecule has 1 aromatic rings. The molecule has 2 aliphatic rings. The van der Waals surface area contributed by atoms with Gasteiger partial charge in [-0.25, -0.2) is 4.98 Å². The molecule has 1 saturated heterocycles. The summed E-state index contributed by atoms with van der Waals surface area (Å²) >= 11 is 1.40. The molecule has 0 radical (unpaired) electrons. The summed E-state index contributed by atoms with van der Waals surface area (Å²) in [5.74, 6) is 1.17. The van der Waals surface area contributed by atoms with Gasteiger partial charge in [-0.2, -0.15) is 0 Å². The van der Waals surface area contributed by atoms with E-state index in [1.807, 2.05) is 0 Å². The van der Waals surface area contributed by atoms with E-state index in [9.17, 15) is 4.79 Å². The van der Waals surface area contributed by atoms with E-state index in [2.05, 4.69) is 22.1 Å². The summed E-state index contributed by atoms with van der Waals surface area (Å²) < 4.78 is 0. The molecule has 0 spiro atoms. The minimum Gasteiger partial charge on any atom is -0.382 e. The van der Waals surface area contributed by atoms with Gasteiger partial charge in [0.1, 0.15) is 10.7 Å². The van der Waals surface area contributed by atoms with E-state index < -0.39 is 0 Å². The maximum absolute atomic E-state index is 12.8. The zero-order chi connectivity index (χ0) is 14.8. The number of carbonyl (C=O) groups excluding carboxylic acids is 1. The predicted octanol–water partition coefficient (Wildman–Crippen LogP) is 2.95. The highest BCUT2D eigenvalue weighted by atomic mass is 32.1. The topological polar surface area (TPSA) is 71.2 Å². The third kappa shape index (κ3) is 2.86. The minimum absolute atomic E-state index is 0.0890. The van der Waals surface area contributed by atoms with Crippen LogP contribution in [0, 0.1) is 5.92 Å². The normalized spacial score (nSPS) is 24.9. The highest BCUT2D eigenvalue weighted by Gasteiger charge is 2.38. The van der Waals surface area contributed by atoms with Crippen molar-refractivity contribution in [2.75, 3.05) is 24.1 Å². The molecule has 1 amide bonds. The van der Waals surface area contributed by atoms with Crippen molar-refractivity contribution in [1.29, 1.82) is 0 Å². The Morgan fingerprint density at radius 3 is 3.05 bits per heavy atom. The smallest absolute Gasteiger partial charge is 0.268 e. The summed E-state index contributed by atoms with van der Waals surface area (Å²) in [6.07, 6.45) is 7.09. The fourth-order valence-electron chi connectivity index (χ4n) is 3.63. The van der Waals surface area contributed by atoms with Gasteiger partial charge in [0.05, 0.1) is 0 Å². The molecule has 6 heteroatoms. The average molecular weight is 308 g/mol. The van der Waals surface area contributed by atoms with Crippen molar-refractivity contribution >= 4 is 28.2 Å². The van der Waals surface area contributed by atoms with Crippen LogP contribution in [-0.4, -0.2) is 34.9 Å². The van der Waals surface area contributed by atoms with E-state index in [0.29, 0.717) is 22.7 Å². The van der Waals surface area contributed by atoms with Crippen molar-refractivity contribution < 1.29 is 4.79 Å². The number of anilines is 2. The lowest BCUT2D eigenvalue weighted by Crippen LogP contribution is -2.46. The van der Waals surface area contributed by atoms with Crippen molar-refractivity contribution in [3.63, 3.8) is 0 Å². The molecule has 1 aliphatic carbocycles. The molecule has 2 fully saturated rings. The summed E-state index contributed by atoms with van der Waals surface area (Å²) in [5.41, 5.74) is 5.97. The van der Waals surface area contributed by atoms with Gasteiger partial charge in [0.2, 0.25) is 0 Å². The number of nitrogens with zero attached hydrogens (tertiary/aromatic N) is 2. The van der Waals surface area contributed by atoms with Crippen LogP contribution in [0.3, 0.4) is 0 Å². The highest BCUT2D eigenvalue weighted by Crippen LogP contribution is 2.38. The molecule has 2 atom stereocenters. The van der Waals surface area contributed by atoms with Gasteiger partial charge in [0.25, 0.3) is 5.91 Å². The van der Waals surface area contributed by atoms with Gasteiger partial charge < -0.3 is 16.0 Å². The Morgan fingerprint density at radius 1 is 1.43 bits per heavy atom. The number of nitrogens with two attached hydrogens (primary N) is 1. The van der Waals surface area contributed by atoms with Crippen molar-refractivity contribution in [3.8, 4) is 0 Å². The number of thiazole rings is 1. The number of amides is 1. The SMILES string of the molecule is CCCNc1nc(N)c(C(=O)N2CCCC3CCCC32)s1. The summed E-state index contributed by atoms with van der Waals surface area (Å²) in [6.45, 7) is 3.83. The number of hydrogen-bond acceptors (Lipinski definition) is 5. The number of nitrogen functional groups attached to an aromatic ring is 1. The van der Waals surface area contributed by atoms with Gasteiger partial charge in [-0.3, -0.25) is 4.79 Å². The van der Waals surface area contributed by atoms with Crippen molar-refractivity contribution in [2.24, 2.45) is 5.92 Å². The maximum Gasteiger partial charge on any atom is 0.268 e. The van der Waals surface area contributed by atoms with E-state index in [1.165, 1.54) is 30.6 Å². The lowest BCUT2D eigenvalue weighted by atomic mass is 9.92. The summed E-state index contributed by atoms with van der Waals surface area (Å²) in [7, 11) is 0. The van der Waals surface area contributed by atoms with Gasteiger partial charge in [-0.05, 0) is 38.0 Å². The molecule has 116 valence electrons. The number of likely N-dealkylation sites (tertiary alicyclic amines) is 1. The number of aromatic nitrogens is 1. The largest absolute Gasteiger partial charge is 0.382 e. The van der Waals surface area contributed by atoms with Crippen LogP contribution < -0.4 is 11.1 Å². The minimum atomic E-state index is 0.0890. The van der Waals surface area contributed by atoms with Gasteiger partial charge >= 0.3 is 0 Å². The Morgan fingerprint density at radius 2 is 2.24 bits per heavy atom. The number of piperidine rings is 1. The molecule has 0 bridgehead atoms. The summed E-state index contributed by atoms with van der Waals surface area (Å²) in [4.78, 5) is 19.8. The number of rotatable bonds is 4. The lowest BCUT2D eigenvalue weighted by Gasteiger charge is -2.37. The van der Waals surface area contributed by atoms with Crippen molar-refractivity contribution in [1.82, 2.24) is 9.88 Å². The third-order valence-electron chi connectivity index (χ3n) is 4.63. The van der Waals surface area contributed by atoms with Crippen LogP contribution in [0.2, 0.25) is 0 Å². The first-order chi connectivity index (χ1) is 10.2. The van der Waals surface area contributed by atoms with Crippen LogP contribution in [0.25, 0.3) is 0 Å². The maximum atomic E-state index is 12.8. The van der Waals surface area contributed by atoms with Crippen LogP contribution in [-0.2, 0) is 0 Å². The fourth-order valence-corrected chi connectivity index (χ4v) is 4.50. The molecule has 0 aromatic carbocycles. The fraction of sp³-hybridized carbons (Fsp3) is 0.733. The first-order valence-corrected chi connectivity index (χ1v) is 8.83. The van der Waals surface area contributed by atoms with Crippen LogP contribution in [0.15, 0.2) is 0 Å². The molecule has 1 aromatic heterocycles. The van der Waals surface area contributed by atoms with E-state index in [4.69, 9.17) is 5.73 Å². The molecule has 1 saturated carbocycles. The Labute approximate surface area is 129 Å². The standard InChI is InChI=1S/C15H24N4OS/c1-2-8-17-15-18-13(16)12(21-15)14(20)19-9-4-6-10-5-3-7-11(10)19/h10-11H,2-9,16H2,1H3,(H,17,18). The van der Waals surface area contributed by atoms with E-state index >= 15 is 0 Å². The Hall–Kier alpha value is -1.30. The highest BCUT2D eigenvalue weighted by molar-refractivity contribution is 7.18. The molecule has 2 unspecified atom stereocenters. The first-order valence-electron chi connectivity index (χ1n) is 8.02. The average Bonchev–Trinajstić information content (AvgIpc) is 3.10. The van der Waals surface area contributed by atoms with Crippen molar-refractivity contribution in [2.45, 2.75) is 51.5 Å². The number of carbonyl (C=O) groups is 1.